The van der Waals surface area contributed by atoms with Crippen LogP contribution in [-0.4, -0.2) is 18.2 Å². The number of nitrogens with zero attached hydrogens (tertiary/aromatic N) is 1. The third-order valence-electron chi connectivity index (χ3n) is 3.25. The normalized spacial score (nSPS) is 12.6. The van der Waals surface area contributed by atoms with Crippen LogP contribution in [0.25, 0.3) is 0 Å². The minimum atomic E-state index is 0.596. The molecule has 1 atom stereocenters. The highest BCUT2D eigenvalue weighted by Crippen LogP contribution is 2.14. The minimum Gasteiger partial charge on any atom is -0.381 e. The van der Waals surface area contributed by atoms with Crippen LogP contribution in [0.5, 0.6) is 0 Å². The molecule has 0 aliphatic rings. The van der Waals surface area contributed by atoms with E-state index in [4.69, 9.17) is 16.3 Å². The van der Waals surface area contributed by atoms with Crippen LogP contribution in [-0.2, 0) is 11.2 Å². The van der Waals surface area contributed by atoms with Crippen LogP contribution in [0, 0.1) is 5.92 Å². The molecule has 0 bridgehead atoms. The summed E-state index contributed by atoms with van der Waals surface area (Å²) < 4.78 is 5.76. The number of rotatable bonds is 9. The number of ether oxygens (including phenoxy) is 1. The predicted molar refractivity (Wildman–Crippen MR) is 77.1 cm³/mol. The highest BCUT2D eigenvalue weighted by atomic mass is 35.5. The molecule has 0 fully saturated rings. The summed E-state index contributed by atoms with van der Waals surface area (Å²) in [4.78, 5) is 4.06. The fourth-order valence-electron chi connectivity index (χ4n) is 1.94. The average Bonchev–Trinajstić information content (AvgIpc) is 2.40. The molecule has 1 unspecified atom stereocenters. The van der Waals surface area contributed by atoms with Gasteiger partial charge in [-0.3, -0.25) is 0 Å². The summed E-state index contributed by atoms with van der Waals surface area (Å²) >= 11 is 5.99. The molecule has 0 saturated heterocycles. The van der Waals surface area contributed by atoms with Gasteiger partial charge in [-0.05, 0) is 30.4 Å². The lowest BCUT2D eigenvalue weighted by Gasteiger charge is -2.14. The van der Waals surface area contributed by atoms with E-state index in [9.17, 15) is 0 Å². The number of hydrogen-bond acceptors (Lipinski definition) is 2. The lowest BCUT2D eigenvalue weighted by molar-refractivity contribution is 0.0963. The molecule has 102 valence electrons. The first kappa shape index (κ1) is 15.5. The van der Waals surface area contributed by atoms with Crippen LogP contribution < -0.4 is 0 Å². The van der Waals surface area contributed by atoms with Crippen molar-refractivity contribution >= 4 is 11.6 Å². The minimum absolute atomic E-state index is 0.596. The summed E-state index contributed by atoms with van der Waals surface area (Å²) in [5.74, 6) is 0.703. The molecular weight excluding hydrogens is 246 g/mol. The molecule has 0 aromatic carbocycles. The van der Waals surface area contributed by atoms with E-state index in [1.54, 1.807) is 6.20 Å². The summed E-state index contributed by atoms with van der Waals surface area (Å²) in [5.41, 5.74) is 1.07. The third kappa shape index (κ3) is 5.83. The fraction of sp³-hybridized carbons (Fsp3) is 0.667. The van der Waals surface area contributed by atoms with Gasteiger partial charge in [-0.25, -0.2) is 4.98 Å². The van der Waals surface area contributed by atoms with Gasteiger partial charge in [0.05, 0.1) is 6.61 Å². The van der Waals surface area contributed by atoms with Crippen LogP contribution >= 0.6 is 11.6 Å². The van der Waals surface area contributed by atoms with Crippen molar-refractivity contribution in [1.29, 1.82) is 0 Å². The molecule has 1 heterocycles. The van der Waals surface area contributed by atoms with Crippen molar-refractivity contribution < 1.29 is 4.74 Å². The zero-order valence-corrected chi connectivity index (χ0v) is 12.2. The van der Waals surface area contributed by atoms with E-state index in [2.05, 4.69) is 18.8 Å². The van der Waals surface area contributed by atoms with Gasteiger partial charge in [0, 0.05) is 12.8 Å². The number of pyridine rings is 1. The highest BCUT2D eigenvalue weighted by molar-refractivity contribution is 6.30. The molecule has 1 aromatic heterocycles. The number of aromatic nitrogens is 1. The maximum atomic E-state index is 5.99. The van der Waals surface area contributed by atoms with Crippen LogP contribution in [0.15, 0.2) is 18.3 Å². The van der Waals surface area contributed by atoms with E-state index in [-0.39, 0.29) is 0 Å². The Kier molecular flexibility index (Phi) is 8.03. The smallest absolute Gasteiger partial charge is 0.132 e. The molecule has 2 nitrogen and oxygen atoms in total. The SMILES string of the molecule is CCCCC(CC)COCCc1cccnc1Cl. The number of unbranched alkanes of at least 4 members (excludes halogenated alkanes) is 1. The first-order chi connectivity index (χ1) is 8.77. The van der Waals surface area contributed by atoms with E-state index < -0.39 is 0 Å². The summed E-state index contributed by atoms with van der Waals surface area (Å²) in [6, 6.07) is 3.92. The maximum absolute atomic E-state index is 5.99. The Labute approximate surface area is 116 Å². The Morgan fingerprint density at radius 3 is 2.89 bits per heavy atom. The van der Waals surface area contributed by atoms with Crippen molar-refractivity contribution in [3.05, 3.63) is 29.0 Å². The molecule has 1 rings (SSSR count). The van der Waals surface area contributed by atoms with Crippen LogP contribution in [0.2, 0.25) is 5.15 Å². The molecular formula is C15H24ClNO. The first-order valence-corrected chi connectivity index (χ1v) is 7.32. The summed E-state index contributed by atoms with van der Waals surface area (Å²) in [6.07, 6.45) is 7.60. The van der Waals surface area contributed by atoms with E-state index >= 15 is 0 Å². The molecule has 0 spiro atoms. The van der Waals surface area contributed by atoms with Gasteiger partial charge in [0.15, 0.2) is 0 Å². The Hall–Kier alpha value is -0.600. The third-order valence-corrected chi connectivity index (χ3v) is 3.59. The molecule has 0 aliphatic heterocycles. The topological polar surface area (TPSA) is 22.1 Å². The Balaban J connectivity index is 2.19. The van der Waals surface area contributed by atoms with Crippen molar-refractivity contribution in [3.63, 3.8) is 0 Å². The lowest BCUT2D eigenvalue weighted by atomic mass is 10.0. The van der Waals surface area contributed by atoms with E-state index in [0.29, 0.717) is 11.1 Å². The fourth-order valence-corrected chi connectivity index (χ4v) is 2.15. The Morgan fingerprint density at radius 2 is 2.22 bits per heavy atom. The Morgan fingerprint density at radius 1 is 1.39 bits per heavy atom. The molecule has 18 heavy (non-hydrogen) atoms. The second-order valence-electron chi connectivity index (χ2n) is 4.69. The molecule has 1 aromatic rings. The molecule has 3 heteroatoms. The van der Waals surface area contributed by atoms with Crippen molar-refractivity contribution in [2.24, 2.45) is 5.92 Å². The van der Waals surface area contributed by atoms with Gasteiger partial charge in [0.1, 0.15) is 5.15 Å². The lowest BCUT2D eigenvalue weighted by Crippen LogP contribution is -2.10. The van der Waals surface area contributed by atoms with Gasteiger partial charge in [-0.15, -0.1) is 0 Å². The van der Waals surface area contributed by atoms with Gasteiger partial charge in [0.2, 0.25) is 0 Å². The Bertz CT molecular complexity index is 330. The van der Waals surface area contributed by atoms with Crippen molar-refractivity contribution in [2.45, 2.75) is 46.0 Å². The number of halogens is 1. The monoisotopic (exact) mass is 269 g/mol. The summed E-state index contributed by atoms with van der Waals surface area (Å²) in [6.45, 7) is 6.07. The highest BCUT2D eigenvalue weighted by Gasteiger charge is 2.06. The van der Waals surface area contributed by atoms with Crippen molar-refractivity contribution in [3.8, 4) is 0 Å². The second-order valence-corrected chi connectivity index (χ2v) is 5.05. The van der Waals surface area contributed by atoms with Gasteiger partial charge in [-0.1, -0.05) is 50.8 Å². The van der Waals surface area contributed by atoms with Crippen LogP contribution in [0.1, 0.15) is 45.1 Å². The van der Waals surface area contributed by atoms with Gasteiger partial charge < -0.3 is 4.74 Å². The zero-order valence-electron chi connectivity index (χ0n) is 11.5. The quantitative estimate of drug-likeness (QED) is 0.486. The van der Waals surface area contributed by atoms with Crippen LogP contribution in [0.4, 0.5) is 0 Å². The predicted octanol–water partition coefficient (Wildman–Crippen LogP) is 4.51. The van der Waals surface area contributed by atoms with E-state index in [1.165, 1.54) is 25.7 Å². The number of hydrogen-bond donors (Lipinski definition) is 0. The molecule has 0 saturated carbocycles. The maximum Gasteiger partial charge on any atom is 0.132 e. The van der Waals surface area contributed by atoms with E-state index in [1.807, 2.05) is 12.1 Å². The summed E-state index contributed by atoms with van der Waals surface area (Å²) in [7, 11) is 0. The van der Waals surface area contributed by atoms with Crippen molar-refractivity contribution in [1.82, 2.24) is 4.98 Å². The largest absolute Gasteiger partial charge is 0.381 e. The van der Waals surface area contributed by atoms with Gasteiger partial charge >= 0.3 is 0 Å². The molecule has 0 N–H and O–H groups in total. The zero-order chi connectivity index (χ0) is 13.2. The van der Waals surface area contributed by atoms with Crippen molar-refractivity contribution in [2.75, 3.05) is 13.2 Å². The first-order valence-electron chi connectivity index (χ1n) is 6.95. The van der Waals surface area contributed by atoms with E-state index in [0.717, 1.165) is 25.2 Å². The van der Waals surface area contributed by atoms with Gasteiger partial charge in [0.25, 0.3) is 0 Å². The molecule has 0 radical (unpaired) electrons. The standard InChI is InChI=1S/C15H24ClNO/c1-3-5-7-13(4-2)12-18-11-9-14-8-6-10-17-15(14)16/h6,8,10,13H,3-5,7,9,11-12H2,1-2H3. The second kappa shape index (κ2) is 9.35. The van der Waals surface area contributed by atoms with Crippen LogP contribution in [0.3, 0.4) is 0 Å². The molecule has 0 aliphatic carbocycles. The molecule has 0 amide bonds. The summed E-state index contributed by atoms with van der Waals surface area (Å²) in [5, 5.41) is 0.596. The van der Waals surface area contributed by atoms with Gasteiger partial charge in [-0.2, -0.15) is 0 Å². The average molecular weight is 270 g/mol.